The van der Waals surface area contributed by atoms with Crippen molar-refractivity contribution in [1.29, 1.82) is 0 Å². The van der Waals surface area contributed by atoms with Crippen LogP contribution < -0.4 is 5.32 Å². The van der Waals surface area contributed by atoms with E-state index in [1.165, 1.54) is 11.3 Å². The number of hydrogen-bond acceptors (Lipinski definition) is 4. The van der Waals surface area contributed by atoms with E-state index in [1.807, 2.05) is 23.6 Å². The smallest absolute Gasteiger partial charge is 0.220 e. The SMILES string of the molecule is CC(O)(CNC(=O)CCC(=O)c1ccccc1)c1cccs1. The lowest BCUT2D eigenvalue weighted by atomic mass is 10.0. The molecule has 0 saturated carbocycles. The van der Waals surface area contributed by atoms with Gasteiger partial charge in [-0.1, -0.05) is 36.4 Å². The summed E-state index contributed by atoms with van der Waals surface area (Å²) in [5, 5.41) is 14.9. The highest BCUT2D eigenvalue weighted by Crippen LogP contribution is 2.24. The molecule has 22 heavy (non-hydrogen) atoms. The van der Waals surface area contributed by atoms with Crippen molar-refractivity contribution in [1.82, 2.24) is 5.32 Å². The first kappa shape index (κ1) is 16.4. The summed E-state index contributed by atoms with van der Waals surface area (Å²) in [4.78, 5) is 24.5. The van der Waals surface area contributed by atoms with Crippen molar-refractivity contribution in [2.24, 2.45) is 0 Å². The van der Waals surface area contributed by atoms with E-state index in [2.05, 4.69) is 5.32 Å². The second kappa shape index (κ2) is 7.33. The molecule has 1 atom stereocenters. The third-order valence-corrected chi connectivity index (χ3v) is 4.48. The van der Waals surface area contributed by atoms with E-state index in [9.17, 15) is 14.7 Å². The van der Waals surface area contributed by atoms with Gasteiger partial charge in [-0.05, 0) is 18.4 Å². The number of aliphatic hydroxyl groups is 1. The van der Waals surface area contributed by atoms with Crippen molar-refractivity contribution in [3.63, 3.8) is 0 Å². The highest BCUT2D eigenvalue weighted by Gasteiger charge is 2.24. The number of thiophene rings is 1. The van der Waals surface area contributed by atoms with Gasteiger partial charge in [-0.3, -0.25) is 9.59 Å². The molecule has 1 unspecified atom stereocenters. The number of amides is 1. The fourth-order valence-corrected chi connectivity index (χ4v) is 2.81. The molecule has 4 nitrogen and oxygen atoms in total. The lowest BCUT2D eigenvalue weighted by Crippen LogP contribution is -2.38. The minimum absolute atomic E-state index is 0.0548. The van der Waals surface area contributed by atoms with Crippen molar-refractivity contribution >= 4 is 23.0 Å². The molecule has 0 bridgehead atoms. The highest BCUT2D eigenvalue weighted by molar-refractivity contribution is 7.10. The first-order chi connectivity index (χ1) is 10.5. The van der Waals surface area contributed by atoms with Crippen LogP contribution in [0.3, 0.4) is 0 Å². The molecule has 5 heteroatoms. The average molecular weight is 317 g/mol. The van der Waals surface area contributed by atoms with E-state index in [-0.39, 0.29) is 31.1 Å². The number of ketones is 1. The minimum Gasteiger partial charge on any atom is -0.383 e. The summed E-state index contributed by atoms with van der Waals surface area (Å²) in [5.41, 5.74) is -0.478. The predicted molar refractivity (Wildman–Crippen MR) is 86.9 cm³/mol. The quantitative estimate of drug-likeness (QED) is 0.772. The van der Waals surface area contributed by atoms with Gasteiger partial charge in [-0.15, -0.1) is 11.3 Å². The zero-order chi connectivity index (χ0) is 16.0. The van der Waals surface area contributed by atoms with Gasteiger partial charge in [0.25, 0.3) is 0 Å². The summed E-state index contributed by atoms with van der Waals surface area (Å²) in [7, 11) is 0. The van der Waals surface area contributed by atoms with Gasteiger partial charge in [-0.25, -0.2) is 0 Å². The Morgan fingerprint density at radius 3 is 2.50 bits per heavy atom. The molecule has 0 spiro atoms. The molecule has 2 rings (SSSR count). The molecule has 1 amide bonds. The monoisotopic (exact) mass is 317 g/mol. The van der Waals surface area contributed by atoms with Crippen molar-refractivity contribution in [3.05, 3.63) is 58.3 Å². The van der Waals surface area contributed by atoms with Crippen LogP contribution in [0.4, 0.5) is 0 Å². The normalized spacial score (nSPS) is 13.4. The van der Waals surface area contributed by atoms with Crippen LogP contribution in [0.15, 0.2) is 47.8 Å². The summed E-state index contributed by atoms with van der Waals surface area (Å²) in [6, 6.07) is 12.6. The van der Waals surface area contributed by atoms with Crippen LogP contribution in [0, 0.1) is 0 Å². The number of carbonyl (C=O) groups is 2. The summed E-state index contributed by atoms with van der Waals surface area (Å²) < 4.78 is 0. The molecule has 0 aliphatic carbocycles. The van der Waals surface area contributed by atoms with Crippen LogP contribution >= 0.6 is 11.3 Å². The van der Waals surface area contributed by atoms with Crippen LogP contribution in [0.1, 0.15) is 35.0 Å². The first-order valence-corrected chi connectivity index (χ1v) is 7.98. The van der Waals surface area contributed by atoms with E-state index in [0.717, 1.165) is 4.88 Å². The number of Topliss-reactive ketones (excluding diaryl/α,β-unsaturated/α-hetero) is 1. The first-order valence-electron chi connectivity index (χ1n) is 7.10. The molecule has 2 aromatic rings. The van der Waals surface area contributed by atoms with Gasteiger partial charge in [0.15, 0.2) is 5.78 Å². The Kier molecular flexibility index (Phi) is 5.46. The van der Waals surface area contributed by atoms with Crippen LogP contribution in [0.25, 0.3) is 0 Å². The van der Waals surface area contributed by atoms with Gasteiger partial charge >= 0.3 is 0 Å². The molecule has 0 saturated heterocycles. The van der Waals surface area contributed by atoms with Gasteiger partial charge < -0.3 is 10.4 Å². The van der Waals surface area contributed by atoms with E-state index < -0.39 is 5.60 Å². The maximum Gasteiger partial charge on any atom is 0.220 e. The third-order valence-electron chi connectivity index (χ3n) is 3.36. The fourth-order valence-electron chi connectivity index (χ4n) is 2.03. The summed E-state index contributed by atoms with van der Waals surface area (Å²) >= 11 is 1.44. The summed E-state index contributed by atoms with van der Waals surface area (Å²) in [6.07, 6.45) is 0.283. The van der Waals surface area contributed by atoms with Crippen molar-refractivity contribution < 1.29 is 14.7 Å². The number of carbonyl (C=O) groups excluding carboxylic acids is 2. The maximum atomic E-state index is 11.9. The molecule has 1 heterocycles. The zero-order valence-electron chi connectivity index (χ0n) is 12.4. The van der Waals surface area contributed by atoms with Crippen LogP contribution in [0.5, 0.6) is 0 Å². The van der Waals surface area contributed by atoms with Gasteiger partial charge in [-0.2, -0.15) is 0 Å². The topological polar surface area (TPSA) is 66.4 Å². The molecule has 0 radical (unpaired) electrons. The number of rotatable bonds is 7. The highest BCUT2D eigenvalue weighted by atomic mass is 32.1. The van der Waals surface area contributed by atoms with Crippen LogP contribution in [-0.4, -0.2) is 23.3 Å². The molecule has 2 N–H and O–H groups in total. The maximum absolute atomic E-state index is 11.9. The zero-order valence-corrected chi connectivity index (χ0v) is 13.2. The van der Waals surface area contributed by atoms with Crippen molar-refractivity contribution in [2.45, 2.75) is 25.4 Å². The second-order valence-corrected chi connectivity index (χ2v) is 6.26. The minimum atomic E-state index is -1.09. The molecule has 0 fully saturated rings. The Morgan fingerprint density at radius 1 is 1.14 bits per heavy atom. The Balaban J connectivity index is 1.78. The molecule has 0 aliphatic heterocycles. The fraction of sp³-hybridized carbons (Fsp3) is 0.294. The molecular formula is C17H19NO3S. The number of hydrogen-bond donors (Lipinski definition) is 2. The van der Waals surface area contributed by atoms with Gasteiger partial charge in [0.1, 0.15) is 5.60 Å². The Bertz CT molecular complexity index is 621. The predicted octanol–water partition coefficient (Wildman–Crippen LogP) is 2.73. The standard InChI is InChI=1S/C17H19NO3S/c1-17(21,15-8-5-11-22-15)12-18-16(20)10-9-14(19)13-6-3-2-4-7-13/h2-8,11,21H,9-10,12H2,1H3,(H,18,20). The Hall–Kier alpha value is -1.98. The van der Waals surface area contributed by atoms with Crippen LogP contribution in [0.2, 0.25) is 0 Å². The molecule has 1 aromatic heterocycles. The molecule has 0 aliphatic rings. The van der Waals surface area contributed by atoms with Crippen molar-refractivity contribution in [3.8, 4) is 0 Å². The Labute approximate surface area is 133 Å². The van der Waals surface area contributed by atoms with Gasteiger partial charge in [0.2, 0.25) is 5.91 Å². The van der Waals surface area contributed by atoms with Crippen LogP contribution in [-0.2, 0) is 10.4 Å². The van der Waals surface area contributed by atoms with E-state index in [1.54, 1.807) is 31.2 Å². The second-order valence-electron chi connectivity index (χ2n) is 5.32. The van der Waals surface area contributed by atoms with Gasteiger partial charge in [0, 0.05) is 23.3 Å². The average Bonchev–Trinajstić information content (AvgIpc) is 3.07. The summed E-state index contributed by atoms with van der Waals surface area (Å²) in [6.45, 7) is 1.79. The lowest BCUT2D eigenvalue weighted by Gasteiger charge is -2.22. The largest absolute Gasteiger partial charge is 0.383 e. The van der Waals surface area contributed by atoms with Gasteiger partial charge in [0.05, 0.1) is 6.54 Å². The third kappa shape index (κ3) is 4.51. The van der Waals surface area contributed by atoms with E-state index in [0.29, 0.717) is 5.56 Å². The number of benzene rings is 1. The van der Waals surface area contributed by atoms with E-state index in [4.69, 9.17) is 0 Å². The summed E-state index contributed by atoms with van der Waals surface area (Å²) in [5.74, 6) is -0.290. The lowest BCUT2D eigenvalue weighted by molar-refractivity contribution is -0.122. The van der Waals surface area contributed by atoms with E-state index >= 15 is 0 Å². The van der Waals surface area contributed by atoms with Crippen molar-refractivity contribution in [2.75, 3.05) is 6.54 Å². The Morgan fingerprint density at radius 2 is 1.86 bits per heavy atom. The molecular weight excluding hydrogens is 298 g/mol. The molecule has 1 aromatic carbocycles. The molecule has 116 valence electrons. The number of nitrogens with one attached hydrogen (secondary N) is 1.